The van der Waals surface area contributed by atoms with E-state index in [-0.39, 0.29) is 6.03 Å². The molecule has 2 aromatic rings. The van der Waals surface area contributed by atoms with Crippen molar-refractivity contribution in [3.8, 4) is 5.75 Å². The summed E-state index contributed by atoms with van der Waals surface area (Å²) in [5, 5.41) is 5.63. The van der Waals surface area contributed by atoms with Gasteiger partial charge in [0.1, 0.15) is 5.75 Å². The van der Waals surface area contributed by atoms with Gasteiger partial charge in [0.2, 0.25) is 0 Å². The minimum atomic E-state index is -0.193. The summed E-state index contributed by atoms with van der Waals surface area (Å²) in [4.78, 5) is 11.7. The van der Waals surface area contributed by atoms with E-state index in [0.29, 0.717) is 13.2 Å². The molecule has 0 aromatic heterocycles. The third-order valence-electron chi connectivity index (χ3n) is 3.23. The van der Waals surface area contributed by atoms with Gasteiger partial charge in [-0.3, -0.25) is 0 Å². The third kappa shape index (κ3) is 5.13. The molecule has 0 aliphatic carbocycles. The normalized spacial score (nSPS) is 10.1. The molecular formula is C18H22N2O2. The lowest BCUT2D eigenvalue weighted by atomic mass is 10.2. The summed E-state index contributed by atoms with van der Waals surface area (Å²) < 4.78 is 5.68. The van der Waals surface area contributed by atoms with Gasteiger partial charge in [-0.15, -0.1) is 0 Å². The first kappa shape index (κ1) is 15.9. The second-order valence-electron chi connectivity index (χ2n) is 5.22. The number of benzene rings is 2. The highest BCUT2D eigenvalue weighted by atomic mass is 16.5. The van der Waals surface area contributed by atoms with Gasteiger partial charge >= 0.3 is 6.03 Å². The zero-order chi connectivity index (χ0) is 15.8. The second-order valence-corrected chi connectivity index (χ2v) is 5.22. The predicted molar refractivity (Wildman–Crippen MR) is 89.5 cm³/mol. The quantitative estimate of drug-likeness (QED) is 0.795. The van der Waals surface area contributed by atoms with Crippen LogP contribution >= 0.6 is 0 Å². The fourth-order valence-corrected chi connectivity index (χ4v) is 2.07. The van der Waals surface area contributed by atoms with E-state index in [1.807, 2.05) is 62.4 Å². The summed E-state index contributed by atoms with van der Waals surface area (Å²) in [6, 6.07) is 15.4. The van der Waals surface area contributed by atoms with Crippen LogP contribution < -0.4 is 15.4 Å². The standard InChI is InChI=1S/C18H22N2O2/c1-14-7-5-9-16(13-14)20-18(21)19-11-6-12-22-17-10-4-3-8-15(17)2/h3-5,7-10,13H,6,11-12H2,1-2H3,(H2,19,20,21). The Morgan fingerprint density at radius 1 is 1.09 bits per heavy atom. The van der Waals surface area contributed by atoms with E-state index in [0.717, 1.165) is 29.0 Å². The monoisotopic (exact) mass is 298 g/mol. The highest BCUT2D eigenvalue weighted by Gasteiger charge is 2.01. The van der Waals surface area contributed by atoms with E-state index in [2.05, 4.69) is 10.6 Å². The Kier molecular flexibility index (Phi) is 5.83. The van der Waals surface area contributed by atoms with Crippen LogP contribution in [0, 0.1) is 13.8 Å². The zero-order valence-corrected chi connectivity index (χ0v) is 13.1. The second kappa shape index (κ2) is 8.08. The van der Waals surface area contributed by atoms with Crippen molar-refractivity contribution < 1.29 is 9.53 Å². The number of ether oxygens (including phenoxy) is 1. The van der Waals surface area contributed by atoms with Crippen molar-refractivity contribution >= 4 is 11.7 Å². The van der Waals surface area contributed by atoms with Gasteiger partial charge in [-0.05, 0) is 49.6 Å². The van der Waals surface area contributed by atoms with Crippen LogP contribution in [-0.4, -0.2) is 19.2 Å². The Hall–Kier alpha value is -2.49. The number of hydrogen-bond acceptors (Lipinski definition) is 2. The smallest absolute Gasteiger partial charge is 0.319 e. The van der Waals surface area contributed by atoms with E-state index in [1.54, 1.807) is 0 Å². The van der Waals surface area contributed by atoms with E-state index in [4.69, 9.17) is 4.74 Å². The largest absolute Gasteiger partial charge is 0.493 e. The Morgan fingerprint density at radius 2 is 1.91 bits per heavy atom. The molecule has 4 heteroatoms. The summed E-state index contributed by atoms with van der Waals surface area (Å²) in [6.07, 6.45) is 0.759. The molecule has 2 rings (SSSR count). The lowest BCUT2D eigenvalue weighted by Gasteiger charge is -2.10. The molecule has 2 N–H and O–H groups in total. The molecule has 0 radical (unpaired) electrons. The molecule has 2 amide bonds. The molecule has 0 aliphatic rings. The van der Waals surface area contributed by atoms with E-state index >= 15 is 0 Å². The number of hydrogen-bond donors (Lipinski definition) is 2. The van der Waals surface area contributed by atoms with Crippen molar-refractivity contribution in [2.75, 3.05) is 18.5 Å². The Labute approximate surface area is 131 Å². The molecule has 2 aromatic carbocycles. The van der Waals surface area contributed by atoms with Crippen LogP contribution in [0.15, 0.2) is 48.5 Å². The molecule has 4 nitrogen and oxygen atoms in total. The van der Waals surface area contributed by atoms with Gasteiger partial charge in [0.25, 0.3) is 0 Å². The van der Waals surface area contributed by atoms with Crippen LogP contribution in [0.2, 0.25) is 0 Å². The lowest BCUT2D eigenvalue weighted by molar-refractivity contribution is 0.250. The minimum absolute atomic E-state index is 0.193. The minimum Gasteiger partial charge on any atom is -0.493 e. The molecule has 22 heavy (non-hydrogen) atoms. The van der Waals surface area contributed by atoms with E-state index in [9.17, 15) is 4.79 Å². The highest BCUT2D eigenvalue weighted by molar-refractivity contribution is 5.89. The predicted octanol–water partition coefficient (Wildman–Crippen LogP) is 3.89. The van der Waals surface area contributed by atoms with Gasteiger partial charge in [0.15, 0.2) is 0 Å². The first-order chi connectivity index (χ1) is 10.6. The summed E-state index contributed by atoms with van der Waals surface area (Å²) >= 11 is 0. The number of rotatable bonds is 6. The number of carbonyl (C=O) groups excluding carboxylic acids is 1. The fourth-order valence-electron chi connectivity index (χ4n) is 2.07. The average molecular weight is 298 g/mol. The van der Waals surface area contributed by atoms with Crippen LogP contribution in [0.4, 0.5) is 10.5 Å². The zero-order valence-electron chi connectivity index (χ0n) is 13.1. The average Bonchev–Trinajstić information content (AvgIpc) is 2.48. The summed E-state index contributed by atoms with van der Waals surface area (Å²) in [5.74, 6) is 0.895. The van der Waals surface area contributed by atoms with Crippen LogP contribution in [0.5, 0.6) is 5.75 Å². The van der Waals surface area contributed by atoms with Crippen LogP contribution in [0.1, 0.15) is 17.5 Å². The third-order valence-corrected chi connectivity index (χ3v) is 3.23. The number of amides is 2. The molecule has 0 saturated carbocycles. The van der Waals surface area contributed by atoms with E-state index < -0.39 is 0 Å². The summed E-state index contributed by atoms with van der Waals surface area (Å²) in [6.45, 7) is 5.16. The van der Waals surface area contributed by atoms with Gasteiger partial charge in [0, 0.05) is 12.2 Å². The van der Waals surface area contributed by atoms with Gasteiger partial charge in [-0.1, -0.05) is 30.3 Å². The topological polar surface area (TPSA) is 50.4 Å². The van der Waals surface area contributed by atoms with Crippen molar-refractivity contribution in [1.29, 1.82) is 0 Å². The van der Waals surface area contributed by atoms with Crippen molar-refractivity contribution in [2.24, 2.45) is 0 Å². The Morgan fingerprint density at radius 3 is 2.68 bits per heavy atom. The summed E-state index contributed by atoms with van der Waals surface area (Å²) in [5.41, 5.74) is 3.03. The summed E-state index contributed by atoms with van der Waals surface area (Å²) in [7, 11) is 0. The van der Waals surface area contributed by atoms with Crippen LogP contribution in [0.25, 0.3) is 0 Å². The van der Waals surface area contributed by atoms with Crippen molar-refractivity contribution in [1.82, 2.24) is 5.32 Å². The molecule has 0 aliphatic heterocycles. The first-order valence-electron chi connectivity index (χ1n) is 7.45. The van der Waals surface area contributed by atoms with Gasteiger partial charge in [0.05, 0.1) is 6.61 Å². The van der Waals surface area contributed by atoms with Crippen LogP contribution in [-0.2, 0) is 0 Å². The number of carbonyl (C=O) groups is 1. The molecule has 116 valence electrons. The molecule has 0 fully saturated rings. The first-order valence-corrected chi connectivity index (χ1v) is 7.45. The number of urea groups is 1. The Bertz CT molecular complexity index is 626. The number of para-hydroxylation sites is 1. The maximum atomic E-state index is 11.7. The highest BCUT2D eigenvalue weighted by Crippen LogP contribution is 2.16. The Balaban J connectivity index is 1.64. The van der Waals surface area contributed by atoms with Crippen molar-refractivity contribution in [2.45, 2.75) is 20.3 Å². The number of anilines is 1. The molecule has 0 heterocycles. The number of aryl methyl sites for hydroxylation is 2. The SMILES string of the molecule is Cc1cccc(NC(=O)NCCCOc2ccccc2C)c1. The maximum Gasteiger partial charge on any atom is 0.319 e. The van der Waals surface area contributed by atoms with Crippen LogP contribution in [0.3, 0.4) is 0 Å². The van der Waals surface area contributed by atoms with Gasteiger partial charge in [-0.25, -0.2) is 4.79 Å². The molecule has 0 saturated heterocycles. The fraction of sp³-hybridized carbons (Fsp3) is 0.278. The molecule has 0 spiro atoms. The lowest BCUT2D eigenvalue weighted by Crippen LogP contribution is -2.30. The van der Waals surface area contributed by atoms with Gasteiger partial charge < -0.3 is 15.4 Å². The molecular weight excluding hydrogens is 276 g/mol. The van der Waals surface area contributed by atoms with Crippen molar-refractivity contribution in [3.05, 3.63) is 59.7 Å². The maximum absolute atomic E-state index is 11.7. The van der Waals surface area contributed by atoms with Crippen molar-refractivity contribution in [3.63, 3.8) is 0 Å². The van der Waals surface area contributed by atoms with Gasteiger partial charge in [-0.2, -0.15) is 0 Å². The molecule has 0 bridgehead atoms. The molecule has 0 atom stereocenters. The number of nitrogens with one attached hydrogen (secondary N) is 2. The molecule has 0 unspecified atom stereocenters. The van der Waals surface area contributed by atoms with E-state index in [1.165, 1.54) is 0 Å².